The van der Waals surface area contributed by atoms with Gasteiger partial charge >= 0.3 is 5.69 Å². The van der Waals surface area contributed by atoms with Gasteiger partial charge in [0, 0.05) is 18.9 Å². The molecule has 6 nitrogen and oxygen atoms in total. The number of nitrogens with one attached hydrogen (secondary N) is 1. The van der Waals surface area contributed by atoms with E-state index in [1.807, 2.05) is 60.7 Å². The number of pyridine rings is 2. The number of anilines is 2. The smallest absolute Gasteiger partial charge is 0.330 e. The zero-order chi connectivity index (χ0) is 17.2. The van der Waals surface area contributed by atoms with Crippen molar-refractivity contribution in [3.05, 3.63) is 83.0 Å². The van der Waals surface area contributed by atoms with Crippen LogP contribution < -0.4 is 11.0 Å². The van der Waals surface area contributed by atoms with E-state index in [0.717, 1.165) is 16.9 Å². The third kappa shape index (κ3) is 2.89. The number of nitrogens with zero attached hydrogens (tertiary/aromatic N) is 4. The molecule has 0 saturated carbocycles. The lowest BCUT2D eigenvalue weighted by molar-refractivity contribution is 0.721. The average Bonchev–Trinajstić information content (AvgIpc) is 2.88. The Morgan fingerprint density at radius 2 is 1.80 bits per heavy atom. The number of fused-ring (bicyclic) bond motifs is 1. The van der Waals surface area contributed by atoms with Gasteiger partial charge in [0.25, 0.3) is 0 Å². The Labute approximate surface area is 144 Å². The minimum Gasteiger partial charge on any atom is -0.340 e. The molecule has 6 heteroatoms. The summed E-state index contributed by atoms with van der Waals surface area (Å²) in [5, 5.41) is 3.25. The van der Waals surface area contributed by atoms with E-state index in [-0.39, 0.29) is 5.69 Å². The molecule has 0 aliphatic heterocycles. The molecule has 0 fully saturated rings. The summed E-state index contributed by atoms with van der Waals surface area (Å²) < 4.78 is 3.26. The lowest BCUT2D eigenvalue weighted by atomic mass is 10.3. The van der Waals surface area contributed by atoms with Crippen molar-refractivity contribution in [3.8, 4) is 0 Å². The summed E-state index contributed by atoms with van der Waals surface area (Å²) in [6.07, 6.45) is 1.73. The second kappa shape index (κ2) is 6.24. The summed E-state index contributed by atoms with van der Waals surface area (Å²) in [6.45, 7) is 0.421. The molecule has 0 unspecified atom stereocenters. The Bertz CT molecular complexity index is 1070. The SMILES string of the molecule is Cn1c(=O)n(Cc2ccccn2)c2ccc(Nc3ccccc3)nc21. The topological polar surface area (TPSA) is 64.7 Å². The van der Waals surface area contributed by atoms with E-state index in [9.17, 15) is 4.79 Å². The maximum Gasteiger partial charge on any atom is 0.330 e. The third-order valence-corrected chi connectivity index (χ3v) is 4.07. The number of hydrogen-bond donors (Lipinski definition) is 1. The Morgan fingerprint density at radius 3 is 2.56 bits per heavy atom. The van der Waals surface area contributed by atoms with Crippen LogP contribution >= 0.6 is 0 Å². The van der Waals surface area contributed by atoms with Crippen LogP contribution in [0.5, 0.6) is 0 Å². The highest BCUT2D eigenvalue weighted by Crippen LogP contribution is 2.18. The minimum absolute atomic E-state index is 0.106. The number of imidazole rings is 1. The van der Waals surface area contributed by atoms with Gasteiger partial charge in [-0.1, -0.05) is 24.3 Å². The summed E-state index contributed by atoms with van der Waals surface area (Å²) in [6, 6.07) is 19.3. The first-order chi connectivity index (χ1) is 12.2. The van der Waals surface area contributed by atoms with Crippen molar-refractivity contribution in [3.63, 3.8) is 0 Å². The molecule has 1 aromatic carbocycles. The van der Waals surface area contributed by atoms with Crippen LogP contribution in [-0.4, -0.2) is 19.1 Å². The Balaban J connectivity index is 1.74. The first-order valence-corrected chi connectivity index (χ1v) is 8.00. The van der Waals surface area contributed by atoms with Gasteiger partial charge in [-0.25, -0.2) is 9.78 Å². The molecule has 1 N–H and O–H groups in total. The molecule has 124 valence electrons. The van der Waals surface area contributed by atoms with Gasteiger partial charge in [-0.05, 0) is 36.4 Å². The minimum atomic E-state index is -0.106. The highest BCUT2D eigenvalue weighted by atomic mass is 16.1. The maximum absolute atomic E-state index is 12.6. The second-order valence-corrected chi connectivity index (χ2v) is 5.78. The van der Waals surface area contributed by atoms with Gasteiger partial charge in [0.15, 0.2) is 5.65 Å². The van der Waals surface area contributed by atoms with Crippen molar-refractivity contribution in [2.24, 2.45) is 7.05 Å². The van der Waals surface area contributed by atoms with Crippen LogP contribution in [0.15, 0.2) is 71.7 Å². The fraction of sp³-hybridized carbons (Fsp3) is 0.105. The molecule has 4 aromatic rings. The molecule has 0 aliphatic carbocycles. The quantitative estimate of drug-likeness (QED) is 0.624. The molecule has 0 spiro atoms. The largest absolute Gasteiger partial charge is 0.340 e. The summed E-state index contributed by atoms with van der Waals surface area (Å²) in [4.78, 5) is 21.5. The van der Waals surface area contributed by atoms with Crippen molar-refractivity contribution in [2.75, 3.05) is 5.32 Å². The van der Waals surface area contributed by atoms with Crippen LogP contribution in [0.4, 0.5) is 11.5 Å². The van der Waals surface area contributed by atoms with Crippen LogP contribution in [0.2, 0.25) is 0 Å². The summed E-state index contributed by atoms with van der Waals surface area (Å²) in [5.41, 5.74) is 3.11. The molecule has 0 aliphatic rings. The van der Waals surface area contributed by atoms with E-state index >= 15 is 0 Å². The standard InChI is InChI=1S/C19H17N5O/c1-23-18-16(24(19(23)25)13-15-9-5-6-12-20-15)10-11-17(22-18)21-14-7-3-2-4-8-14/h2-12H,13H2,1H3,(H,21,22). The van der Waals surface area contributed by atoms with Crippen molar-refractivity contribution in [1.82, 2.24) is 19.1 Å². The number of rotatable bonds is 4. The van der Waals surface area contributed by atoms with Gasteiger partial charge in [0.1, 0.15) is 5.82 Å². The lowest BCUT2D eigenvalue weighted by Crippen LogP contribution is -2.23. The van der Waals surface area contributed by atoms with E-state index in [2.05, 4.69) is 15.3 Å². The Morgan fingerprint density at radius 1 is 1.00 bits per heavy atom. The molecular weight excluding hydrogens is 314 g/mol. The van der Waals surface area contributed by atoms with E-state index in [4.69, 9.17) is 0 Å². The zero-order valence-electron chi connectivity index (χ0n) is 13.8. The third-order valence-electron chi connectivity index (χ3n) is 4.07. The number of hydrogen-bond acceptors (Lipinski definition) is 4. The van der Waals surface area contributed by atoms with Crippen molar-refractivity contribution >= 4 is 22.7 Å². The maximum atomic E-state index is 12.6. The number of aryl methyl sites for hydroxylation is 1. The van der Waals surface area contributed by atoms with Gasteiger partial charge in [0.05, 0.1) is 17.8 Å². The fourth-order valence-electron chi connectivity index (χ4n) is 2.82. The van der Waals surface area contributed by atoms with E-state index in [1.165, 1.54) is 0 Å². The Kier molecular flexibility index (Phi) is 3.78. The van der Waals surface area contributed by atoms with Crippen LogP contribution in [-0.2, 0) is 13.6 Å². The molecule has 4 rings (SSSR count). The van der Waals surface area contributed by atoms with Crippen molar-refractivity contribution < 1.29 is 0 Å². The van der Waals surface area contributed by atoms with Gasteiger partial charge in [-0.2, -0.15) is 0 Å². The first kappa shape index (κ1) is 15.1. The molecule has 25 heavy (non-hydrogen) atoms. The average molecular weight is 331 g/mol. The summed E-state index contributed by atoms with van der Waals surface area (Å²) >= 11 is 0. The first-order valence-electron chi connectivity index (χ1n) is 8.00. The molecule has 0 amide bonds. The van der Waals surface area contributed by atoms with E-state index < -0.39 is 0 Å². The van der Waals surface area contributed by atoms with Crippen LogP contribution in [0, 0.1) is 0 Å². The highest BCUT2D eigenvalue weighted by molar-refractivity contribution is 5.75. The predicted molar refractivity (Wildman–Crippen MR) is 98.0 cm³/mol. The fourth-order valence-corrected chi connectivity index (χ4v) is 2.82. The Hall–Kier alpha value is -3.41. The predicted octanol–water partition coefficient (Wildman–Crippen LogP) is 2.92. The van der Waals surface area contributed by atoms with Crippen LogP contribution in [0.1, 0.15) is 5.69 Å². The summed E-state index contributed by atoms with van der Waals surface area (Å²) in [7, 11) is 1.74. The van der Waals surface area contributed by atoms with Crippen molar-refractivity contribution in [1.29, 1.82) is 0 Å². The molecule has 0 radical (unpaired) electrons. The van der Waals surface area contributed by atoms with Crippen LogP contribution in [0.25, 0.3) is 11.2 Å². The number of benzene rings is 1. The molecule has 3 aromatic heterocycles. The molecule has 3 heterocycles. The number of aromatic nitrogens is 4. The second-order valence-electron chi connectivity index (χ2n) is 5.78. The molecular formula is C19H17N5O. The number of para-hydroxylation sites is 1. The van der Waals surface area contributed by atoms with Gasteiger partial charge in [0.2, 0.25) is 0 Å². The molecule has 0 bridgehead atoms. The molecule has 0 saturated heterocycles. The van der Waals surface area contributed by atoms with Gasteiger partial charge in [-0.15, -0.1) is 0 Å². The van der Waals surface area contributed by atoms with Crippen LogP contribution in [0.3, 0.4) is 0 Å². The zero-order valence-corrected chi connectivity index (χ0v) is 13.8. The van der Waals surface area contributed by atoms with E-state index in [0.29, 0.717) is 18.0 Å². The lowest BCUT2D eigenvalue weighted by Gasteiger charge is -2.06. The van der Waals surface area contributed by atoms with Crippen molar-refractivity contribution in [2.45, 2.75) is 6.54 Å². The highest BCUT2D eigenvalue weighted by Gasteiger charge is 2.13. The normalized spacial score (nSPS) is 10.9. The summed E-state index contributed by atoms with van der Waals surface area (Å²) in [5.74, 6) is 0.698. The van der Waals surface area contributed by atoms with Gasteiger partial charge < -0.3 is 5.32 Å². The monoisotopic (exact) mass is 331 g/mol. The molecule has 0 atom stereocenters. The van der Waals surface area contributed by atoms with E-state index in [1.54, 1.807) is 22.4 Å². The van der Waals surface area contributed by atoms with Gasteiger partial charge in [-0.3, -0.25) is 14.1 Å².